The monoisotopic (exact) mass is 364 g/mol. The first-order valence-electron chi connectivity index (χ1n) is 8.58. The van der Waals surface area contributed by atoms with Crippen molar-refractivity contribution in [2.45, 2.75) is 6.92 Å². The summed E-state index contributed by atoms with van der Waals surface area (Å²) in [5.41, 5.74) is 3.25. The van der Waals surface area contributed by atoms with Gasteiger partial charge in [-0.3, -0.25) is 0 Å². The van der Waals surface area contributed by atoms with Gasteiger partial charge in [-0.15, -0.1) is 0 Å². The Bertz CT molecular complexity index is 894. The first-order valence-corrected chi connectivity index (χ1v) is 8.58. The van der Waals surface area contributed by atoms with Crippen LogP contribution in [0.1, 0.15) is 6.92 Å². The van der Waals surface area contributed by atoms with Crippen LogP contribution in [0.5, 0.6) is 11.7 Å². The van der Waals surface area contributed by atoms with Crippen LogP contribution in [-0.4, -0.2) is 19.4 Å². The molecule has 0 N–H and O–H groups in total. The Balaban J connectivity index is 2.00. The van der Waals surface area contributed by atoms with Gasteiger partial charge in [-0.05, 0) is 30.2 Å². The van der Waals surface area contributed by atoms with Gasteiger partial charge in [-0.25, -0.2) is 4.79 Å². The average Bonchev–Trinajstić information content (AvgIpc) is 3.11. The molecule has 0 amide bonds. The molecule has 2 aromatic carbocycles. The maximum absolute atomic E-state index is 11.9. The molecule has 0 atom stereocenters. The van der Waals surface area contributed by atoms with Crippen LogP contribution in [0.4, 0.5) is 4.79 Å². The van der Waals surface area contributed by atoms with Gasteiger partial charge in [0.15, 0.2) is 0 Å². The van der Waals surface area contributed by atoms with Crippen LogP contribution in [0, 0.1) is 0 Å². The fourth-order valence-corrected chi connectivity index (χ4v) is 2.64. The maximum atomic E-state index is 11.9. The topological polar surface area (TPSA) is 57.9 Å². The third-order valence-electron chi connectivity index (χ3n) is 3.79. The second kappa shape index (κ2) is 8.76. The van der Waals surface area contributed by atoms with E-state index in [1.165, 1.54) is 6.08 Å². The molecule has 0 saturated heterocycles. The zero-order chi connectivity index (χ0) is 19.1. The van der Waals surface area contributed by atoms with E-state index >= 15 is 0 Å². The zero-order valence-electron chi connectivity index (χ0n) is 15.0. The number of hydrogen-bond acceptors (Lipinski definition) is 5. The zero-order valence-corrected chi connectivity index (χ0v) is 15.0. The van der Waals surface area contributed by atoms with E-state index in [1.807, 2.05) is 61.5 Å². The van der Waals surface area contributed by atoms with E-state index in [1.54, 1.807) is 6.26 Å². The van der Waals surface area contributed by atoms with E-state index in [0.29, 0.717) is 12.2 Å². The predicted octanol–water partition coefficient (Wildman–Crippen LogP) is 5.71. The van der Waals surface area contributed by atoms with Crippen molar-refractivity contribution in [1.82, 2.24) is 0 Å². The van der Waals surface area contributed by atoms with Gasteiger partial charge in [0, 0.05) is 5.56 Å². The normalized spacial score (nSPS) is 10.3. The molecule has 0 bridgehead atoms. The number of rotatable bonds is 7. The molecule has 0 spiro atoms. The maximum Gasteiger partial charge on any atom is 0.516 e. The van der Waals surface area contributed by atoms with E-state index in [-0.39, 0.29) is 12.6 Å². The minimum Gasteiger partial charge on any atom is -0.494 e. The van der Waals surface area contributed by atoms with Gasteiger partial charge < -0.3 is 18.6 Å². The molecule has 3 aromatic rings. The lowest BCUT2D eigenvalue weighted by Gasteiger charge is -2.08. The van der Waals surface area contributed by atoms with Crippen LogP contribution < -0.4 is 9.47 Å². The number of benzene rings is 2. The highest BCUT2D eigenvalue weighted by Gasteiger charge is 2.21. The number of hydrogen-bond donors (Lipinski definition) is 0. The number of carbonyl (C=O) groups is 1. The fourth-order valence-electron chi connectivity index (χ4n) is 2.64. The summed E-state index contributed by atoms with van der Waals surface area (Å²) in [4.78, 5) is 11.9. The predicted molar refractivity (Wildman–Crippen MR) is 103 cm³/mol. The molecule has 0 aliphatic carbocycles. The summed E-state index contributed by atoms with van der Waals surface area (Å²) in [6, 6.07) is 17.2. The molecular formula is C22H20O5. The van der Waals surface area contributed by atoms with Gasteiger partial charge in [0.1, 0.15) is 18.6 Å². The summed E-state index contributed by atoms with van der Waals surface area (Å²) in [7, 11) is 0. The Morgan fingerprint density at radius 3 is 2.48 bits per heavy atom. The second-order valence-electron chi connectivity index (χ2n) is 5.59. The van der Waals surface area contributed by atoms with E-state index < -0.39 is 6.16 Å². The number of furan rings is 1. The molecule has 0 saturated carbocycles. The summed E-state index contributed by atoms with van der Waals surface area (Å²) in [6.07, 6.45) is 2.18. The molecule has 1 aromatic heterocycles. The first-order chi connectivity index (χ1) is 13.2. The molecule has 3 rings (SSSR count). The lowest BCUT2D eigenvalue weighted by atomic mass is 9.98. The van der Waals surface area contributed by atoms with Crippen LogP contribution in [0.15, 0.2) is 77.9 Å². The second-order valence-corrected chi connectivity index (χ2v) is 5.59. The third-order valence-corrected chi connectivity index (χ3v) is 3.79. The fraction of sp³-hybridized carbons (Fsp3) is 0.136. The first kappa shape index (κ1) is 18.3. The van der Waals surface area contributed by atoms with E-state index in [9.17, 15) is 4.79 Å². The molecule has 0 aliphatic heterocycles. The van der Waals surface area contributed by atoms with Crippen molar-refractivity contribution in [1.29, 1.82) is 0 Å². The average molecular weight is 364 g/mol. The van der Waals surface area contributed by atoms with E-state index in [0.717, 1.165) is 22.4 Å². The van der Waals surface area contributed by atoms with E-state index in [4.69, 9.17) is 18.6 Å². The summed E-state index contributed by atoms with van der Waals surface area (Å²) in [5.74, 6) is 0.839. The summed E-state index contributed by atoms with van der Waals surface area (Å²) in [5, 5.41) is 0. The SMILES string of the molecule is C=CCOC(=O)Oc1occ(-c2ccccc2)c1-c1ccc(OCC)cc1. The number of carbonyl (C=O) groups excluding carboxylic acids is 1. The highest BCUT2D eigenvalue weighted by atomic mass is 16.8. The molecule has 0 unspecified atom stereocenters. The van der Waals surface area contributed by atoms with Crippen molar-refractivity contribution in [3.05, 3.63) is 73.5 Å². The molecule has 0 fully saturated rings. The molecule has 1 heterocycles. The Morgan fingerprint density at radius 2 is 1.81 bits per heavy atom. The third kappa shape index (κ3) is 4.39. The highest BCUT2D eigenvalue weighted by Crippen LogP contribution is 2.41. The Morgan fingerprint density at radius 1 is 1.07 bits per heavy atom. The lowest BCUT2D eigenvalue weighted by Crippen LogP contribution is -2.10. The summed E-state index contributed by atoms with van der Waals surface area (Å²) in [6.45, 7) is 6.08. The van der Waals surface area contributed by atoms with Crippen molar-refractivity contribution in [2.24, 2.45) is 0 Å². The van der Waals surface area contributed by atoms with Crippen LogP contribution >= 0.6 is 0 Å². The van der Waals surface area contributed by atoms with Crippen molar-refractivity contribution in [3.8, 4) is 33.9 Å². The van der Waals surface area contributed by atoms with E-state index in [2.05, 4.69) is 6.58 Å². The van der Waals surface area contributed by atoms with Crippen molar-refractivity contribution in [2.75, 3.05) is 13.2 Å². The molecule has 0 radical (unpaired) electrons. The van der Waals surface area contributed by atoms with Crippen LogP contribution in [0.2, 0.25) is 0 Å². The molecule has 27 heavy (non-hydrogen) atoms. The molecule has 5 heteroatoms. The summed E-state index contributed by atoms with van der Waals surface area (Å²) >= 11 is 0. The minimum atomic E-state index is -0.851. The lowest BCUT2D eigenvalue weighted by molar-refractivity contribution is 0.100. The summed E-state index contributed by atoms with van der Waals surface area (Å²) < 4.78 is 21.2. The van der Waals surface area contributed by atoms with Gasteiger partial charge in [-0.2, -0.15) is 0 Å². The number of ether oxygens (including phenoxy) is 3. The molecular weight excluding hydrogens is 344 g/mol. The van der Waals surface area contributed by atoms with Crippen molar-refractivity contribution >= 4 is 6.16 Å². The van der Waals surface area contributed by atoms with Crippen molar-refractivity contribution in [3.63, 3.8) is 0 Å². The van der Waals surface area contributed by atoms with Crippen LogP contribution in [0.25, 0.3) is 22.3 Å². The Labute approximate surface area is 157 Å². The van der Waals surface area contributed by atoms with Gasteiger partial charge in [0.05, 0.1) is 12.2 Å². The largest absolute Gasteiger partial charge is 0.516 e. The Kier molecular flexibility index (Phi) is 5.94. The van der Waals surface area contributed by atoms with Gasteiger partial charge in [0.25, 0.3) is 0 Å². The van der Waals surface area contributed by atoms with Crippen LogP contribution in [0.3, 0.4) is 0 Å². The minimum absolute atomic E-state index is 0.0590. The van der Waals surface area contributed by atoms with Gasteiger partial charge >= 0.3 is 12.1 Å². The smallest absolute Gasteiger partial charge is 0.494 e. The Hall–Kier alpha value is -3.47. The van der Waals surface area contributed by atoms with Gasteiger partial charge in [-0.1, -0.05) is 55.1 Å². The standard InChI is InChI=1S/C22H20O5/c1-3-14-25-22(23)27-21-20(17-10-12-18(13-11-17)24-4-2)19(15-26-21)16-8-6-5-7-9-16/h3,5-13,15H,1,4,14H2,2H3. The quantitative estimate of drug-likeness (QED) is 0.397. The molecule has 138 valence electrons. The highest BCUT2D eigenvalue weighted by molar-refractivity contribution is 5.87. The van der Waals surface area contributed by atoms with Gasteiger partial charge in [0.2, 0.25) is 0 Å². The van der Waals surface area contributed by atoms with Crippen LogP contribution in [-0.2, 0) is 4.74 Å². The van der Waals surface area contributed by atoms with Crippen molar-refractivity contribution < 1.29 is 23.4 Å². The molecule has 0 aliphatic rings. The molecule has 5 nitrogen and oxygen atoms in total.